The van der Waals surface area contributed by atoms with Gasteiger partial charge < -0.3 is 20.1 Å². The van der Waals surface area contributed by atoms with Crippen LogP contribution in [0.5, 0.6) is 0 Å². The molecule has 1 fully saturated rings. The van der Waals surface area contributed by atoms with Crippen LogP contribution in [0.1, 0.15) is 0 Å². The number of carbonyl (C=O) groups excluding carboxylic acids is 1. The highest BCUT2D eigenvalue weighted by Crippen LogP contribution is 2.25. The lowest BCUT2D eigenvalue weighted by Crippen LogP contribution is -2.52. The molecule has 1 aliphatic heterocycles. The van der Waals surface area contributed by atoms with E-state index in [1.165, 1.54) is 0 Å². The van der Waals surface area contributed by atoms with Gasteiger partial charge in [0.25, 0.3) is 0 Å². The maximum atomic E-state index is 12.1. The summed E-state index contributed by atoms with van der Waals surface area (Å²) in [6, 6.07) is 4.25. The first-order valence-electron chi connectivity index (χ1n) is 5.83. The Balaban J connectivity index is 2.05. The number of hydrogen-bond donors (Lipinski definition) is 2. The summed E-state index contributed by atoms with van der Waals surface area (Å²) in [5, 5.41) is 12.7. The molecular weight excluding hydrogens is 291 g/mol. The second kappa shape index (κ2) is 6.43. The second-order valence-electron chi connectivity index (χ2n) is 4.16. The molecule has 5 nitrogen and oxygen atoms in total. The van der Waals surface area contributed by atoms with Crippen LogP contribution in [-0.4, -0.2) is 48.4 Å². The zero-order valence-corrected chi connectivity index (χ0v) is 11.6. The number of nitrogens with one attached hydrogen (secondary N) is 1. The summed E-state index contributed by atoms with van der Waals surface area (Å²) < 4.78 is 5.22. The first-order valence-corrected chi connectivity index (χ1v) is 6.58. The average Bonchev–Trinajstić information content (AvgIpc) is 2.43. The van der Waals surface area contributed by atoms with Crippen LogP contribution in [-0.2, 0) is 4.74 Å². The number of amides is 2. The molecule has 2 rings (SSSR count). The Bertz CT molecular complexity index is 470. The quantitative estimate of drug-likeness (QED) is 0.880. The van der Waals surface area contributed by atoms with E-state index in [1.807, 2.05) is 0 Å². The predicted octanol–water partition coefficient (Wildman–Crippen LogP) is 2.22. The van der Waals surface area contributed by atoms with Gasteiger partial charge in [-0.15, -0.1) is 0 Å². The molecule has 1 aliphatic rings. The summed E-state index contributed by atoms with van der Waals surface area (Å²) in [6.45, 7) is 1.11. The van der Waals surface area contributed by atoms with Gasteiger partial charge in [-0.1, -0.05) is 23.2 Å². The highest BCUT2D eigenvalue weighted by atomic mass is 35.5. The number of aliphatic hydroxyl groups is 1. The van der Waals surface area contributed by atoms with Crippen LogP contribution in [0.2, 0.25) is 10.0 Å². The smallest absolute Gasteiger partial charge is 0.322 e. The Morgan fingerprint density at radius 1 is 1.47 bits per heavy atom. The SMILES string of the molecule is O=C(Nc1ccc(Cl)c(Cl)c1)N1CCOCC1CO. The maximum Gasteiger partial charge on any atom is 0.322 e. The minimum Gasteiger partial charge on any atom is -0.394 e. The van der Waals surface area contributed by atoms with E-state index >= 15 is 0 Å². The molecule has 1 aromatic rings. The van der Waals surface area contributed by atoms with Crippen molar-refractivity contribution in [2.75, 3.05) is 31.7 Å². The fourth-order valence-corrected chi connectivity index (χ4v) is 2.14. The molecule has 1 aromatic carbocycles. The van der Waals surface area contributed by atoms with E-state index < -0.39 is 0 Å². The van der Waals surface area contributed by atoms with E-state index in [4.69, 9.17) is 27.9 Å². The van der Waals surface area contributed by atoms with Crippen molar-refractivity contribution in [3.8, 4) is 0 Å². The van der Waals surface area contributed by atoms with Crippen molar-refractivity contribution in [1.29, 1.82) is 0 Å². The third-order valence-corrected chi connectivity index (χ3v) is 3.61. The second-order valence-corrected chi connectivity index (χ2v) is 4.98. The molecule has 0 aromatic heterocycles. The van der Waals surface area contributed by atoms with Crippen LogP contribution in [0.3, 0.4) is 0 Å². The van der Waals surface area contributed by atoms with E-state index in [0.717, 1.165) is 0 Å². The predicted molar refractivity (Wildman–Crippen MR) is 73.9 cm³/mol. The van der Waals surface area contributed by atoms with Crippen molar-refractivity contribution < 1.29 is 14.6 Å². The van der Waals surface area contributed by atoms with Crippen molar-refractivity contribution in [2.45, 2.75) is 6.04 Å². The maximum absolute atomic E-state index is 12.1. The van der Waals surface area contributed by atoms with E-state index in [0.29, 0.717) is 35.5 Å². The zero-order valence-electron chi connectivity index (χ0n) is 10.1. The van der Waals surface area contributed by atoms with Gasteiger partial charge in [-0.3, -0.25) is 0 Å². The number of benzene rings is 1. The summed E-state index contributed by atoms with van der Waals surface area (Å²) in [6.07, 6.45) is 0. The van der Waals surface area contributed by atoms with Gasteiger partial charge in [-0.25, -0.2) is 4.79 Å². The molecule has 0 aliphatic carbocycles. The van der Waals surface area contributed by atoms with Crippen LogP contribution in [0.25, 0.3) is 0 Å². The van der Waals surface area contributed by atoms with Gasteiger partial charge in [0, 0.05) is 12.2 Å². The van der Waals surface area contributed by atoms with Crippen molar-refractivity contribution in [3.05, 3.63) is 28.2 Å². The van der Waals surface area contributed by atoms with Gasteiger partial charge in [0.05, 0.1) is 35.9 Å². The van der Waals surface area contributed by atoms with E-state index in [9.17, 15) is 9.90 Å². The standard InChI is InChI=1S/C12H14Cl2N2O3/c13-10-2-1-8(5-11(10)14)15-12(18)16-3-4-19-7-9(16)6-17/h1-2,5,9,17H,3-4,6-7H2,(H,15,18). The number of anilines is 1. The first-order chi connectivity index (χ1) is 9.11. The number of carbonyl (C=O) groups is 1. The Morgan fingerprint density at radius 2 is 2.26 bits per heavy atom. The summed E-state index contributed by atoms with van der Waals surface area (Å²) in [4.78, 5) is 13.7. The van der Waals surface area contributed by atoms with Gasteiger partial charge in [-0.2, -0.15) is 0 Å². The monoisotopic (exact) mass is 304 g/mol. The lowest BCUT2D eigenvalue weighted by Gasteiger charge is -2.34. The number of hydrogen-bond acceptors (Lipinski definition) is 3. The molecule has 104 valence electrons. The molecule has 1 heterocycles. The lowest BCUT2D eigenvalue weighted by molar-refractivity contribution is -0.00485. The normalized spacial score (nSPS) is 19.3. The molecule has 2 amide bonds. The fourth-order valence-electron chi connectivity index (χ4n) is 1.84. The summed E-state index contributed by atoms with van der Waals surface area (Å²) >= 11 is 11.7. The van der Waals surface area contributed by atoms with Crippen LogP contribution in [0.4, 0.5) is 10.5 Å². The number of rotatable bonds is 2. The molecule has 1 atom stereocenters. The highest BCUT2D eigenvalue weighted by molar-refractivity contribution is 6.42. The summed E-state index contributed by atoms with van der Waals surface area (Å²) in [5.74, 6) is 0. The Kier molecular flexibility index (Phi) is 4.87. The number of aliphatic hydroxyl groups excluding tert-OH is 1. The van der Waals surface area contributed by atoms with Crippen molar-refractivity contribution in [1.82, 2.24) is 4.90 Å². The van der Waals surface area contributed by atoms with Crippen LogP contribution >= 0.6 is 23.2 Å². The molecule has 0 saturated carbocycles. The fraction of sp³-hybridized carbons (Fsp3) is 0.417. The van der Waals surface area contributed by atoms with Crippen molar-refractivity contribution in [2.24, 2.45) is 0 Å². The number of morpholine rings is 1. The third-order valence-electron chi connectivity index (χ3n) is 2.87. The van der Waals surface area contributed by atoms with Crippen LogP contribution in [0.15, 0.2) is 18.2 Å². The minimum absolute atomic E-state index is 0.130. The molecule has 2 N–H and O–H groups in total. The van der Waals surface area contributed by atoms with Gasteiger partial charge in [0.15, 0.2) is 0 Å². The van der Waals surface area contributed by atoms with Crippen molar-refractivity contribution in [3.63, 3.8) is 0 Å². The summed E-state index contributed by atoms with van der Waals surface area (Å²) in [7, 11) is 0. The average molecular weight is 305 g/mol. The molecule has 0 bridgehead atoms. The Labute approximate surface area is 121 Å². The van der Waals surface area contributed by atoms with Crippen molar-refractivity contribution >= 4 is 34.9 Å². The number of halogens is 2. The van der Waals surface area contributed by atoms with E-state index in [1.54, 1.807) is 23.1 Å². The lowest BCUT2D eigenvalue weighted by atomic mass is 10.2. The van der Waals surface area contributed by atoms with Gasteiger partial charge >= 0.3 is 6.03 Å². The number of urea groups is 1. The molecular formula is C12H14Cl2N2O3. The largest absolute Gasteiger partial charge is 0.394 e. The van der Waals surface area contributed by atoms with Gasteiger partial charge in [-0.05, 0) is 18.2 Å². The molecule has 19 heavy (non-hydrogen) atoms. The molecule has 0 radical (unpaired) electrons. The Morgan fingerprint density at radius 3 is 2.95 bits per heavy atom. The van der Waals surface area contributed by atoms with Gasteiger partial charge in [0.2, 0.25) is 0 Å². The summed E-state index contributed by atoms with van der Waals surface area (Å²) in [5.41, 5.74) is 0.558. The zero-order chi connectivity index (χ0) is 13.8. The Hall–Kier alpha value is -1.01. The molecule has 7 heteroatoms. The topological polar surface area (TPSA) is 61.8 Å². The van der Waals surface area contributed by atoms with Crippen LogP contribution < -0.4 is 5.32 Å². The van der Waals surface area contributed by atoms with E-state index in [2.05, 4.69) is 5.32 Å². The first kappa shape index (κ1) is 14.4. The van der Waals surface area contributed by atoms with Gasteiger partial charge in [0.1, 0.15) is 0 Å². The molecule has 1 saturated heterocycles. The molecule has 0 spiro atoms. The number of ether oxygens (including phenoxy) is 1. The van der Waals surface area contributed by atoms with Crippen LogP contribution in [0, 0.1) is 0 Å². The third kappa shape index (κ3) is 3.51. The minimum atomic E-state index is -0.323. The highest BCUT2D eigenvalue weighted by Gasteiger charge is 2.26. The van der Waals surface area contributed by atoms with E-state index in [-0.39, 0.29) is 18.7 Å². The number of nitrogens with zero attached hydrogens (tertiary/aromatic N) is 1. The molecule has 1 unspecified atom stereocenters.